The summed E-state index contributed by atoms with van der Waals surface area (Å²) >= 11 is 0. The zero-order valence-corrected chi connectivity index (χ0v) is 18.1. The molecule has 8 nitrogen and oxygen atoms in total. The molecule has 0 saturated carbocycles. The number of methoxy groups -OCH3 is 1. The predicted molar refractivity (Wildman–Crippen MR) is 122 cm³/mol. The van der Waals surface area contributed by atoms with Crippen LogP contribution in [0.25, 0.3) is 11.1 Å². The number of H-pyrrole nitrogens is 1. The highest BCUT2D eigenvalue weighted by molar-refractivity contribution is 6.45. The predicted octanol–water partition coefficient (Wildman–Crippen LogP) is 2.63. The van der Waals surface area contributed by atoms with Crippen LogP contribution in [0.3, 0.4) is 0 Å². The van der Waals surface area contributed by atoms with Crippen LogP contribution in [0.15, 0.2) is 54.9 Å². The van der Waals surface area contributed by atoms with Crippen LogP contribution < -0.4 is 10.5 Å². The van der Waals surface area contributed by atoms with E-state index < -0.39 is 0 Å². The molecule has 3 aromatic rings. The lowest BCUT2D eigenvalue weighted by molar-refractivity contribution is -0.124. The van der Waals surface area contributed by atoms with Crippen LogP contribution in [0.5, 0.6) is 5.75 Å². The number of benzene rings is 2. The summed E-state index contributed by atoms with van der Waals surface area (Å²) in [6.07, 6.45) is 3.46. The van der Waals surface area contributed by atoms with Gasteiger partial charge in [0.2, 0.25) is 0 Å². The highest BCUT2D eigenvalue weighted by Crippen LogP contribution is 2.24. The van der Waals surface area contributed by atoms with Gasteiger partial charge in [-0.05, 0) is 49.5 Å². The maximum Gasteiger partial charge on any atom is 0.272 e. The number of carbonyl (C=O) groups excluding carboxylic acids is 1. The van der Waals surface area contributed by atoms with Crippen LogP contribution >= 0.6 is 0 Å². The standard InChI is InChI=1S/C23H28N6O2/c1-28(2)9-10-29(15-16-5-4-6-19(11-16)31-3)23(30)22(25)20-8-7-17(12-21(20)24)18-13-26-27-14-18/h4-8,11-14,25H,9-10,15,24H2,1-3H3,(H,26,27). The molecular formula is C23H28N6O2. The normalized spacial score (nSPS) is 10.8. The highest BCUT2D eigenvalue weighted by atomic mass is 16.5. The quantitative estimate of drug-likeness (QED) is 0.364. The summed E-state index contributed by atoms with van der Waals surface area (Å²) in [5.74, 6) is 0.360. The van der Waals surface area contributed by atoms with Crippen molar-refractivity contribution in [1.29, 1.82) is 5.41 Å². The number of hydrogen-bond donors (Lipinski definition) is 3. The average Bonchev–Trinajstić information content (AvgIpc) is 3.30. The first-order valence-electron chi connectivity index (χ1n) is 9.93. The maximum atomic E-state index is 13.3. The van der Waals surface area contributed by atoms with Crippen LogP contribution in [-0.2, 0) is 11.3 Å². The van der Waals surface area contributed by atoms with Crippen molar-refractivity contribution in [1.82, 2.24) is 20.0 Å². The first kappa shape index (κ1) is 22.0. The molecule has 0 radical (unpaired) electrons. The Labute approximate surface area is 182 Å². The Kier molecular flexibility index (Phi) is 7.04. The molecule has 0 spiro atoms. The Morgan fingerprint density at radius 1 is 1.16 bits per heavy atom. The maximum absolute atomic E-state index is 13.3. The lowest BCUT2D eigenvalue weighted by atomic mass is 10.0. The molecule has 31 heavy (non-hydrogen) atoms. The van der Waals surface area contributed by atoms with Gasteiger partial charge in [0.15, 0.2) is 0 Å². The van der Waals surface area contributed by atoms with Crippen LogP contribution in [0.1, 0.15) is 11.1 Å². The molecule has 1 heterocycles. The molecular weight excluding hydrogens is 392 g/mol. The van der Waals surface area contributed by atoms with Crippen molar-refractivity contribution in [3.8, 4) is 16.9 Å². The minimum atomic E-state index is -0.368. The number of aromatic amines is 1. The second-order valence-electron chi connectivity index (χ2n) is 7.55. The van der Waals surface area contributed by atoms with Crippen molar-refractivity contribution < 1.29 is 9.53 Å². The second kappa shape index (κ2) is 9.90. The monoisotopic (exact) mass is 420 g/mol. The van der Waals surface area contributed by atoms with E-state index in [0.717, 1.165) is 22.4 Å². The van der Waals surface area contributed by atoms with Gasteiger partial charge in [0.25, 0.3) is 5.91 Å². The molecule has 0 atom stereocenters. The van der Waals surface area contributed by atoms with Crippen LogP contribution in [-0.4, -0.2) is 65.9 Å². The van der Waals surface area contributed by atoms with Gasteiger partial charge < -0.3 is 20.3 Å². The third-order valence-electron chi connectivity index (χ3n) is 4.98. The molecule has 0 bridgehead atoms. The fraction of sp³-hybridized carbons (Fsp3) is 0.261. The fourth-order valence-electron chi connectivity index (χ4n) is 3.22. The van der Waals surface area contributed by atoms with Crippen LogP contribution in [0.2, 0.25) is 0 Å². The van der Waals surface area contributed by atoms with Gasteiger partial charge in [-0.25, -0.2) is 0 Å². The first-order chi connectivity index (χ1) is 14.9. The number of rotatable bonds is 9. The molecule has 0 aliphatic heterocycles. The molecule has 0 saturated heterocycles. The molecule has 1 amide bonds. The lowest BCUT2D eigenvalue weighted by Crippen LogP contribution is -2.40. The molecule has 162 valence electrons. The van der Waals surface area contributed by atoms with Gasteiger partial charge in [-0.2, -0.15) is 5.10 Å². The van der Waals surface area contributed by atoms with Gasteiger partial charge in [-0.15, -0.1) is 0 Å². The zero-order chi connectivity index (χ0) is 22.4. The van der Waals surface area contributed by atoms with E-state index in [-0.39, 0.29) is 11.6 Å². The molecule has 8 heteroatoms. The average molecular weight is 421 g/mol. The highest BCUT2D eigenvalue weighted by Gasteiger charge is 2.22. The Hall–Kier alpha value is -3.65. The summed E-state index contributed by atoms with van der Waals surface area (Å²) in [6.45, 7) is 1.54. The summed E-state index contributed by atoms with van der Waals surface area (Å²) < 4.78 is 5.29. The Morgan fingerprint density at radius 3 is 2.61 bits per heavy atom. The van der Waals surface area contributed by atoms with Gasteiger partial charge in [0.1, 0.15) is 11.5 Å². The third-order valence-corrected chi connectivity index (χ3v) is 4.98. The van der Waals surface area contributed by atoms with E-state index in [9.17, 15) is 4.79 Å². The molecule has 0 unspecified atom stereocenters. The van der Waals surface area contributed by atoms with E-state index in [0.29, 0.717) is 30.9 Å². The smallest absolute Gasteiger partial charge is 0.272 e. The van der Waals surface area contributed by atoms with Crippen LogP contribution in [0, 0.1) is 5.41 Å². The Morgan fingerprint density at radius 2 is 1.97 bits per heavy atom. The minimum absolute atomic E-state index is 0.127. The molecule has 1 aromatic heterocycles. The summed E-state index contributed by atoms with van der Waals surface area (Å²) in [7, 11) is 5.51. The number of nitrogens with two attached hydrogens (primary N) is 1. The third kappa shape index (κ3) is 5.49. The molecule has 0 aliphatic carbocycles. The van der Waals surface area contributed by atoms with E-state index >= 15 is 0 Å². The van der Waals surface area contributed by atoms with E-state index in [1.165, 1.54) is 0 Å². The van der Waals surface area contributed by atoms with Crippen molar-refractivity contribution in [3.63, 3.8) is 0 Å². The molecule has 3 rings (SSSR count). The van der Waals surface area contributed by atoms with Gasteiger partial charge >= 0.3 is 0 Å². The van der Waals surface area contributed by atoms with E-state index in [2.05, 4.69) is 10.2 Å². The molecule has 0 fully saturated rings. The number of nitrogens with one attached hydrogen (secondary N) is 2. The number of anilines is 1. The van der Waals surface area contributed by atoms with E-state index in [1.54, 1.807) is 36.5 Å². The Bertz CT molecular complexity index is 1050. The number of likely N-dealkylation sites (N-methyl/N-ethyl adjacent to an activating group) is 1. The molecule has 4 N–H and O–H groups in total. The molecule has 2 aromatic carbocycles. The summed E-state index contributed by atoms with van der Waals surface area (Å²) in [4.78, 5) is 16.9. The SMILES string of the molecule is COc1cccc(CN(CCN(C)C)C(=O)C(=N)c2ccc(-c3cn[nH]c3)cc2N)c1. The van der Waals surface area contributed by atoms with Crippen LogP contribution in [0.4, 0.5) is 5.69 Å². The summed E-state index contributed by atoms with van der Waals surface area (Å²) in [5.41, 5.74) is 9.57. The largest absolute Gasteiger partial charge is 0.497 e. The van der Waals surface area contributed by atoms with Gasteiger partial charge in [-0.1, -0.05) is 18.2 Å². The number of carbonyl (C=O) groups is 1. The first-order valence-corrected chi connectivity index (χ1v) is 9.93. The lowest BCUT2D eigenvalue weighted by Gasteiger charge is -2.25. The van der Waals surface area contributed by atoms with Gasteiger partial charge in [0, 0.05) is 42.6 Å². The Balaban J connectivity index is 1.83. The minimum Gasteiger partial charge on any atom is -0.497 e. The summed E-state index contributed by atoms with van der Waals surface area (Å²) in [5, 5.41) is 15.3. The van der Waals surface area contributed by atoms with Crippen molar-refractivity contribution in [3.05, 3.63) is 66.0 Å². The van der Waals surface area contributed by atoms with Crippen molar-refractivity contribution in [2.45, 2.75) is 6.54 Å². The van der Waals surface area contributed by atoms with Crippen molar-refractivity contribution >= 4 is 17.3 Å². The number of ether oxygens (including phenoxy) is 1. The number of nitrogen functional groups attached to an aromatic ring is 1. The van der Waals surface area contributed by atoms with Crippen molar-refractivity contribution in [2.75, 3.05) is 40.0 Å². The fourth-order valence-corrected chi connectivity index (χ4v) is 3.22. The number of aromatic nitrogens is 2. The molecule has 0 aliphatic rings. The summed E-state index contributed by atoms with van der Waals surface area (Å²) in [6, 6.07) is 12.9. The van der Waals surface area contributed by atoms with Gasteiger partial charge in [-0.3, -0.25) is 15.3 Å². The zero-order valence-electron chi connectivity index (χ0n) is 18.1. The number of hydrogen-bond acceptors (Lipinski definition) is 6. The van der Waals surface area contributed by atoms with E-state index in [1.807, 2.05) is 49.3 Å². The van der Waals surface area contributed by atoms with Crippen molar-refractivity contribution in [2.24, 2.45) is 0 Å². The topological polar surface area (TPSA) is 111 Å². The van der Waals surface area contributed by atoms with E-state index in [4.69, 9.17) is 15.9 Å². The van der Waals surface area contributed by atoms with Gasteiger partial charge in [0.05, 0.1) is 13.3 Å². The number of amides is 1. The second-order valence-corrected chi connectivity index (χ2v) is 7.55. The number of nitrogens with zero attached hydrogens (tertiary/aromatic N) is 3.